The molecule has 0 radical (unpaired) electrons. The lowest BCUT2D eigenvalue weighted by atomic mass is 10.1. The summed E-state index contributed by atoms with van der Waals surface area (Å²) in [6.07, 6.45) is 2.32. The van der Waals surface area contributed by atoms with E-state index in [1.165, 1.54) is 0 Å². The number of alkyl carbamates (subject to hydrolysis) is 1. The number of allylic oxidation sites excluding steroid dienone is 1. The number of rotatable bonds is 4. The van der Waals surface area contributed by atoms with Crippen LogP contribution >= 0.6 is 0 Å². The highest BCUT2D eigenvalue weighted by Gasteiger charge is 2.02. The normalized spacial score (nSPS) is 11.8. The molecule has 0 saturated carbocycles. The first kappa shape index (κ1) is 10.0. The van der Waals surface area contributed by atoms with Crippen molar-refractivity contribution in [1.82, 2.24) is 5.32 Å². The molecule has 0 aromatic rings. The van der Waals surface area contributed by atoms with Crippen molar-refractivity contribution in [2.75, 3.05) is 13.7 Å². The summed E-state index contributed by atoms with van der Waals surface area (Å²) in [6.45, 7) is 6.05. The lowest BCUT2D eigenvalue weighted by Gasteiger charge is -2.08. The van der Waals surface area contributed by atoms with E-state index in [2.05, 4.69) is 11.9 Å². The van der Waals surface area contributed by atoms with Gasteiger partial charge in [-0.2, -0.15) is 0 Å². The molecule has 0 aromatic heterocycles. The standard InChI is InChI=1S/C8H15NO2/c1-4-5-7(2)6-11-8(10)9-3/h4,7H,1,5-6H2,2-3H3,(H,9,10). The SMILES string of the molecule is C=CCC(C)COC(=O)NC. The Morgan fingerprint density at radius 2 is 2.45 bits per heavy atom. The van der Waals surface area contributed by atoms with Crippen molar-refractivity contribution in [2.45, 2.75) is 13.3 Å². The number of carbonyl (C=O) groups excluding carboxylic acids is 1. The number of carbonyl (C=O) groups is 1. The third kappa shape index (κ3) is 5.45. The predicted octanol–water partition coefficient (Wildman–Crippen LogP) is 1.55. The molecule has 1 N–H and O–H groups in total. The van der Waals surface area contributed by atoms with Crippen LogP contribution < -0.4 is 5.32 Å². The average molecular weight is 157 g/mol. The quantitative estimate of drug-likeness (QED) is 0.629. The molecular weight excluding hydrogens is 142 g/mol. The summed E-state index contributed by atoms with van der Waals surface area (Å²) in [5.74, 6) is 0.352. The Labute approximate surface area is 67.4 Å². The number of nitrogens with one attached hydrogen (secondary N) is 1. The highest BCUT2D eigenvalue weighted by atomic mass is 16.5. The molecule has 0 aromatic carbocycles. The lowest BCUT2D eigenvalue weighted by molar-refractivity contribution is 0.132. The third-order valence-electron chi connectivity index (χ3n) is 1.27. The Morgan fingerprint density at radius 1 is 1.82 bits per heavy atom. The van der Waals surface area contributed by atoms with E-state index >= 15 is 0 Å². The van der Waals surface area contributed by atoms with E-state index in [1.54, 1.807) is 7.05 Å². The van der Waals surface area contributed by atoms with Gasteiger partial charge in [0.1, 0.15) is 0 Å². The Morgan fingerprint density at radius 3 is 2.91 bits per heavy atom. The van der Waals surface area contributed by atoms with E-state index in [9.17, 15) is 4.79 Å². The molecule has 0 aliphatic rings. The Kier molecular flexibility index (Phi) is 5.25. The van der Waals surface area contributed by atoms with Gasteiger partial charge in [0.05, 0.1) is 6.61 Å². The minimum Gasteiger partial charge on any atom is -0.449 e. The van der Waals surface area contributed by atoms with Crippen molar-refractivity contribution in [3.8, 4) is 0 Å². The van der Waals surface area contributed by atoms with E-state index < -0.39 is 0 Å². The van der Waals surface area contributed by atoms with Gasteiger partial charge in [-0.25, -0.2) is 4.79 Å². The van der Waals surface area contributed by atoms with Gasteiger partial charge in [-0.05, 0) is 12.3 Å². The zero-order chi connectivity index (χ0) is 8.69. The predicted molar refractivity (Wildman–Crippen MR) is 44.4 cm³/mol. The first-order chi connectivity index (χ1) is 5.20. The summed E-state index contributed by atoms with van der Waals surface area (Å²) in [7, 11) is 1.54. The fourth-order valence-electron chi connectivity index (χ4n) is 0.643. The van der Waals surface area contributed by atoms with Gasteiger partial charge in [0.25, 0.3) is 0 Å². The van der Waals surface area contributed by atoms with Crippen LogP contribution in [0.4, 0.5) is 4.79 Å². The fourth-order valence-corrected chi connectivity index (χ4v) is 0.643. The number of hydrogen-bond acceptors (Lipinski definition) is 2. The van der Waals surface area contributed by atoms with Crippen LogP contribution in [0, 0.1) is 5.92 Å². The van der Waals surface area contributed by atoms with Crippen LogP contribution in [0.15, 0.2) is 12.7 Å². The molecule has 0 spiro atoms. The molecule has 3 heteroatoms. The van der Waals surface area contributed by atoms with Crippen LogP contribution in [0.1, 0.15) is 13.3 Å². The summed E-state index contributed by atoms with van der Waals surface area (Å²) >= 11 is 0. The van der Waals surface area contributed by atoms with Gasteiger partial charge in [-0.1, -0.05) is 13.0 Å². The van der Waals surface area contributed by atoms with Crippen LogP contribution in [0.3, 0.4) is 0 Å². The zero-order valence-electron chi connectivity index (χ0n) is 7.09. The maximum absolute atomic E-state index is 10.6. The van der Waals surface area contributed by atoms with E-state index in [-0.39, 0.29) is 6.09 Å². The fraction of sp³-hybridized carbons (Fsp3) is 0.625. The second-order valence-electron chi connectivity index (χ2n) is 2.48. The number of ether oxygens (including phenoxy) is 1. The Bertz CT molecular complexity index is 134. The van der Waals surface area contributed by atoms with Gasteiger partial charge >= 0.3 is 6.09 Å². The van der Waals surface area contributed by atoms with Crippen LogP contribution in [0.5, 0.6) is 0 Å². The molecule has 0 bridgehead atoms. The second kappa shape index (κ2) is 5.77. The third-order valence-corrected chi connectivity index (χ3v) is 1.27. The maximum atomic E-state index is 10.6. The molecule has 1 atom stereocenters. The molecule has 64 valence electrons. The summed E-state index contributed by atoms with van der Waals surface area (Å²) in [5.41, 5.74) is 0. The van der Waals surface area contributed by atoms with Crippen LogP contribution in [-0.2, 0) is 4.74 Å². The van der Waals surface area contributed by atoms with Crippen molar-refractivity contribution in [2.24, 2.45) is 5.92 Å². The van der Waals surface area contributed by atoms with Crippen LogP contribution in [0.2, 0.25) is 0 Å². The summed E-state index contributed by atoms with van der Waals surface area (Å²) in [4.78, 5) is 10.6. The van der Waals surface area contributed by atoms with E-state index in [4.69, 9.17) is 4.74 Å². The largest absolute Gasteiger partial charge is 0.449 e. The second-order valence-corrected chi connectivity index (χ2v) is 2.48. The topological polar surface area (TPSA) is 38.3 Å². The van der Waals surface area contributed by atoms with Crippen molar-refractivity contribution in [3.05, 3.63) is 12.7 Å². The molecular formula is C8H15NO2. The summed E-state index contributed by atoms with van der Waals surface area (Å²) in [5, 5.41) is 2.38. The molecule has 11 heavy (non-hydrogen) atoms. The lowest BCUT2D eigenvalue weighted by Crippen LogP contribution is -2.21. The maximum Gasteiger partial charge on any atom is 0.406 e. The molecule has 0 fully saturated rings. The molecule has 0 saturated heterocycles. The molecule has 1 unspecified atom stereocenters. The van der Waals surface area contributed by atoms with Crippen molar-refractivity contribution < 1.29 is 9.53 Å². The van der Waals surface area contributed by atoms with Gasteiger partial charge < -0.3 is 10.1 Å². The highest BCUT2D eigenvalue weighted by Crippen LogP contribution is 2.01. The molecule has 0 aliphatic carbocycles. The van der Waals surface area contributed by atoms with E-state index in [0.29, 0.717) is 12.5 Å². The average Bonchev–Trinajstić information content (AvgIpc) is 2.01. The molecule has 1 amide bonds. The van der Waals surface area contributed by atoms with Crippen molar-refractivity contribution in [3.63, 3.8) is 0 Å². The van der Waals surface area contributed by atoms with Crippen LogP contribution in [0.25, 0.3) is 0 Å². The Balaban J connectivity index is 3.36. The minimum atomic E-state index is -0.374. The van der Waals surface area contributed by atoms with Gasteiger partial charge in [0.15, 0.2) is 0 Å². The van der Waals surface area contributed by atoms with Gasteiger partial charge in [0.2, 0.25) is 0 Å². The number of hydrogen-bond donors (Lipinski definition) is 1. The first-order valence-electron chi connectivity index (χ1n) is 3.66. The van der Waals surface area contributed by atoms with E-state index in [1.807, 2.05) is 13.0 Å². The molecule has 3 nitrogen and oxygen atoms in total. The van der Waals surface area contributed by atoms with Crippen LogP contribution in [-0.4, -0.2) is 19.7 Å². The minimum absolute atomic E-state index is 0.352. The number of amides is 1. The monoisotopic (exact) mass is 157 g/mol. The summed E-state index contributed by atoms with van der Waals surface area (Å²) < 4.78 is 4.81. The summed E-state index contributed by atoms with van der Waals surface area (Å²) in [6, 6.07) is 0. The first-order valence-corrected chi connectivity index (χ1v) is 3.66. The van der Waals surface area contributed by atoms with Crippen molar-refractivity contribution in [1.29, 1.82) is 0 Å². The van der Waals surface area contributed by atoms with E-state index in [0.717, 1.165) is 6.42 Å². The molecule has 0 heterocycles. The van der Waals surface area contributed by atoms with Crippen molar-refractivity contribution >= 4 is 6.09 Å². The van der Waals surface area contributed by atoms with Gasteiger partial charge in [-0.3, -0.25) is 0 Å². The van der Waals surface area contributed by atoms with Gasteiger partial charge in [0, 0.05) is 7.05 Å². The molecule has 0 aliphatic heterocycles. The molecule has 0 rings (SSSR count). The highest BCUT2D eigenvalue weighted by molar-refractivity contribution is 5.66. The smallest absolute Gasteiger partial charge is 0.406 e. The zero-order valence-corrected chi connectivity index (χ0v) is 7.09. The Hall–Kier alpha value is -0.990. The van der Waals surface area contributed by atoms with Gasteiger partial charge in [-0.15, -0.1) is 6.58 Å².